The van der Waals surface area contributed by atoms with Gasteiger partial charge in [0.2, 0.25) is 0 Å². The summed E-state index contributed by atoms with van der Waals surface area (Å²) in [5, 5.41) is 21.9. The first-order valence-electron chi connectivity index (χ1n) is 7.47. The third kappa shape index (κ3) is 4.44. The third-order valence-corrected chi connectivity index (χ3v) is 4.07. The van der Waals surface area contributed by atoms with E-state index in [1.54, 1.807) is 12.1 Å². The largest absolute Gasteiger partial charge is 0.492 e. The average molecular weight is 293 g/mol. The number of rotatable bonds is 7. The Bertz CT molecular complexity index is 469. The number of nitrogens with one attached hydrogen (secondary N) is 1. The van der Waals surface area contributed by atoms with Gasteiger partial charge in [-0.1, -0.05) is 25.3 Å². The summed E-state index contributed by atoms with van der Waals surface area (Å²) in [6, 6.07) is 6.47. The number of ether oxygens (including phenoxy) is 1. The monoisotopic (exact) mass is 293 g/mol. The van der Waals surface area contributed by atoms with Crippen molar-refractivity contribution in [3.05, 3.63) is 29.8 Å². The van der Waals surface area contributed by atoms with Crippen LogP contribution < -0.4 is 10.1 Å². The van der Waals surface area contributed by atoms with E-state index in [9.17, 15) is 9.90 Å². The van der Waals surface area contributed by atoms with Gasteiger partial charge in [0.1, 0.15) is 12.4 Å². The van der Waals surface area contributed by atoms with Crippen LogP contribution in [0.2, 0.25) is 0 Å². The Hall–Kier alpha value is -1.59. The molecule has 1 aliphatic carbocycles. The van der Waals surface area contributed by atoms with Crippen molar-refractivity contribution in [1.82, 2.24) is 5.32 Å². The Morgan fingerprint density at radius 3 is 2.71 bits per heavy atom. The number of carboxylic acids is 1. The van der Waals surface area contributed by atoms with Crippen LogP contribution in [-0.2, 0) is 0 Å². The van der Waals surface area contributed by atoms with Crippen molar-refractivity contribution in [1.29, 1.82) is 0 Å². The molecule has 5 heteroatoms. The van der Waals surface area contributed by atoms with Gasteiger partial charge in [0.25, 0.3) is 0 Å². The molecule has 0 atom stereocenters. The minimum absolute atomic E-state index is 0.154. The highest BCUT2D eigenvalue weighted by Gasteiger charge is 2.30. The summed E-state index contributed by atoms with van der Waals surface area (Å²) in [5.74, 6) is -0.404. The number of aliphatic hydroxyl groups is 1. The van der Waals surface area contributed by atoms with Crippen LogP contribution in [0.1, 0.15) is 42.5 Å². The molecule has 1 fully saturated rings. The number of aliphatic hydroxyl groups excluding tert-OH is 1. The highest BCUT2D eigenvalue weighted by atomic mass is 16.5. The van der Waals surface area contributed by atoms with E-state index in [0.29, 0.717) is 18.9 Å². The molecule has 0 amide bonds. The molecule has 0 aromatic heterocycles. The fourth-order valence-corrected chi connectivity index (χ4v) is 2.82. The minimum Gasteiger partial charge on any atom is -0.492 e. The molecule has 0 heterocycles. The molecule has 21 heavy (non-hydrogen) atoms. The van der Waals surface area contributed by atoms with Crippen molar-refractivity contribution >= 4 is 5.97 Å². The predicted octanol–water partition coefficient (Wildman–Crippen LogP) is 2.05. The summed E-state index contributed by atoms with van der Waals surface area (Å²) in [6.45, 7) is 1.24. The molecule has 0 spiro atoms. The molecule has 0 radical (unpaired) electrons. The lowest BCUT2D eigenvalue weighted by molar-refractivity contribution is 0.0696. The number of aromatic carboxylic acids is 1. The first-order valence-corrected chi connectivity index (χ1v) is 7.47. The maximum Gasteiger partial charge on any atom is 0.335 e. The maximum absolute atomic E-state index is 10.9. The summed E-state index contributed by atoms with van der Waals surface area (Å²) >= 11 is 0. The van der Waals surface area contributed by atoms with Crippen LogP contribution in [0.5, 0.6) is 5.75 Å². The fourth-order valence-electron chi connectivity index (χ4n) is 2.82. The molecule has 1 aliphatic rings. The van der Waals surface area contributed by atoms with E-state index in [1.165, 1.54) is 18.6 Å². The second-order valence-corrected chi connectivity index (χ2v) is 5.61. The molecule has 1 aromatic rings. The summed E-state index contributed by atoms with van der Waals surface area (Å²) in [5.41, 5.74) is 0.0596. The topological polar surface area (TPSA) is 78.8 Å². The lowest BCUT2D eigenvalue weighted by atomic mass is 9.82. The molecule has 1 saturated carbocycles. The van der Waals surface area contributed by atoms with E-state index in [0.717, 1.165) is 25.7 Å². The third-order valence-electron chi connectivity index (χ3n) is 4.07. The SMILES string of the molecule is O=C(O)c1cccc(OCCNC2(CO)CCCCC2)c1. The van der Waals surface area contributed by atoms with Crippen LogP contribution in [-0.4, -0.2) is 41.5 Å². The van der Waals surface area contributed by atoms with Gasteiger partial charge in [-0.2, -0.15) is 0 Å². The fraction of sp³-hybridized carbons (Fsp3) is 0.562. The molecule has 0 bridgehead atoms. The zero-order chi connectivity index (χ0) is 15.1. The van der Waals surface area contributed by atoms with E-state index in [4.69, 9.17) is 9.84 Å². The van der Waals surface area contributed by atoms with Crippen LogP contribution in [0.4, 0.5) is 0 Å². The highest BCUT2D eigenvalue weighted by molar-refractivity contribution is 5.87. The summed E-state index contributed by atoms with van der Waals surface area (Å²) in [6.07, 6.45) is 5.53. The number of hydrogen-bond donors (Lipinski definition) is 3. The van der Waals surface area contributed by atoms with Crippen molar-refractivity contribution in [2.45, 2.75) is 37.6 Å². The van der Waals surface area contributed by atoms with Gasteiger partial charge in [0.15, 0.2) is 0 Å². The number of carboxylic acid groups (broad SMARTS) is 1. The Labute approximate surface area is 124 Å². The molecular weight excluding hydrogens is 270 g/mol. The number of benzene rings is 1. The highest BCUT2D eigenvalue weighted by Crippen LogP contribution is 2.27. The Balaban J connectivity index is 1.78. The van der Waals surface area contributed by atoms with Gasteiger partial charge in [-0.05, 0) is 31.0 Å². The van der Waals surface area contributed by atoms with Crippen LogP contribution >= 0.6 is 0 Å². The van der Waals surface area contributed by atoms with Gasteiger partial charge in [0, 0.05) is 12.1 Å². The summed E-state index contributed by atoms with van der Waals surface area (Å²) in [7, 11) is 0. The van der Waals surface area contributed by atoms with E-state index >= 15 is 0 Å². The number of hydrogen-bond acceptors (Lipinski definition) is 4. The molecule has 1 aromatic carbocycles. The summed E-state index contributed by atoms with van der Waals surface area (Å²) in [4.78, 5) is 10.9. The number of carbonyl (C=O) groups is 1. The first-order chi connectivity index (χ1) is 10.2. The lowest BCUT2D eigenvalue weighted by Gasteiger charge is -2.36. The van der Waals surface area contributed by atoms with Crippen LogP contribution in [0, 0.1) is 0 Å². The van der Waals surface area contributed by atoms with Crippen molar-refractivity contribution < 1.29 is 19.7 Å². The van der Waals surface area contributed by atoms with Gasteiger partial charge < -0.3 is 20.3 Å². The lowest BCUT2D eigenvalue weighted by Crippen LogP contribution is -2.51. The molecule has 0 unspecified atom stereocenters. The van der Waals surface area contributed by atoms with E-state index in [2.05, 4.69) is 5.32 Å². The second-order valence-electron chi connectivity index (χ2n) is 5.61. The van der Waals surface area contributed by atoms with Gasteiger partial charge in [-0.25, -0.2) is 4.79 Å². The van der Waals surface area contributed by atoms with E-state index in [1.807, 2.05) is 0 Å². The van der Waals surface area contributed by atoms with Crippen LogP contribution in [0.25, 0.3) is 0 Å². The molecule has 0 aliphatic heterocycles. The zero-order valence-corrected chi connectivity index (χ0v) is 12.2. The molecule has 5 nitrogen and oxygen atoms in total. The Morgan fingerprint density at radius 2 is 2.05 bits per heavy atom. The van der Waals surface area contributed by atoms with Gasteiger partial charge >= 0.3 is 5.97 Å². The minimum atomic E-state index is -0.958. The van der Waals surface area contributed by atoms with Crippen molar-refractivity contribution in [2.24, 2.45) is 0 Å². The molecular formula is C16H23NO4. The van der Waals surface area contributed by atoms with Crippen LogP contribution in [0.15, 0.2) is 24.3 Å². The van der Waals surface area contributed by atoms with E-state index < -0.39 is 5.97 Å². The van der Waals surface area contributed by atoms with Crippen LogP contribution in [0.3, 0.4) is 0 Å². The average Bonchev–Trinajstić information content (AvgIpc) is 2.53. The van der Waals surface area contributed by atoms with Gasteiger partial charge in [-0.3, -0.25) is 0 Å². The first kappa shape index (κ1) is 15.8. The maximum atomic E-state index is 10.9. The van der Waals surface area contributed by atoms with Crippen molar-refractivity contribution in [2.75, 3.05) is 19.8 Å². The van der Waals surface area contributed by atoms with E-state index in [-0.39, 0.29) is 17.7 Å². The molecule has 0 saturated heterocycles. The zero-order valence-electron chi connectivity index (χ0n) is 12.2. The van der Waals surface area contributed by atoms with Crippen molar-refractivity contribution in [3.8, 4) is 5.75 Å². The molecule has 2 rings (SSSR count). The Morgan fingerprint density at radius 1 is 1.29 bits per heavy atom. The standard InChI is InChI=1S/C16H23NO4/c18-12-16(7-2-1-3-8-16)17-9-10-21-14-6-4-5-13(11-14)15(19)20/h4-6,11,17-18H,1-3,7-10,12H2,(H,19,20). The molecule has 116 valence electrons. The normalized spacial score (nSPS) is 17.4. The van der Waals surface area contributed by atoms with Gasteiger partial charge in [0.05, 0.1) is 12.2 Å². The Kier molecular flexibility index (Phi) is 5.59. The van der Waals surface area contributed by atoms with Gasteiger partial charge in [-0.15, -0.1) is 0 Å². The second kappa shape index (κ2) is 7.43. The molecule has 3 N–H and O–H groups in total. The smallest absolute Gasteiger partial charge is 0.335 e. The summed E-state index contributed by atoms with van der Waals surface area (Å²) < 4.78 is 5.57. The quantitative estimate of drug-likeness (QED) is 0.671. The predicted molar refractivity (Wildman–Crippen MR) is 79.8 cm³/mol. The van der Waals surface area contributed by atoms with Crippen molar-refractivity contribution in [3.63, 3.8) is 0 Å².